The van der Waals surface area contributed by atoms with Crippen LogP contribution in [-0.2, 0) is 0 Å². The number of aryl methyl sites for hydroxylation is 1. The Hall–Kier alpha value is -2.14. The molecule has 2 rings (SSSR count). The summed E-state index contributed by atoms with van der Waals surface area (Å²) in [5, 5.41) is 12.3. The van der Waals surface area contributed by atoms with Crippen LogP contribution in [0.5, 0.6) is 0 Å². The lowest BCUT2D eigenvalue weighted by atomic mass is 10.3. The van der Waals surface area contributed by atoms with Crippen LogP contribution < -0.4 is 5.32 Å². The number of nitrogens with zero attached hydrogens (tertiary/aromatic N) is 2. The number of aromatic nitrogens is 2. The molecule has 2 aromatic rings. The fourth-order valence-corrected chi connectivity index (χ4v) is 1.60. The SMILES string of the molecule is Cc1cc(C(=O)O)nc(Nc2ccccc2Cl)n1. The summed E-state index contributed by atoms with van der Waals surface area (Å²) in [6.45, 7) is 1.70. The fourth-order valence-electron chi connectivity index (χ4n) is 1.42. The number of carboxylic acids is 1. The molecule has 0 radical (unpaired) electrons. The van der Waals surface area contributed by atoms with E-state index in [9.17, 15) is 4.79 Å². The highest BCUT2D eigenvalue weighted by Crippen LogP contribution is 2.23. The Bertz CT molecular complexity index is 602. The van der Waals surface area contributed by atoms with Crippen molar-refractivity contribution in [3.05, 3.63) is 46.7 Å². The molecule has 0 fully saturated rings. The van der Waals surface area contributed by atoms with Gasteiger partial charge in [0.2, 0.25) is 5.95 Å². The van der Waals surface area contributed by atoms with Crippen molar-refractivity contribution in [1.29, 1.82) is 0 Å². The van der Waals surface area contributed by atoms with Crippen molar-refractivity contribution in [3.8, 4) is 0 Å². The quantitative estimate of drug-likeness (QED) is 0.891. The molecular formula is C12H10ClN3O2. The van der Waals surface area contributed by atoms with Crippen LogP contribution in [-0.4, -0.2) is 21.0 Å². The molecule has 0 spiro atoms. The Morgan fingerprint density at radius 1 is 1.33 bits per heavy atom. The Morgan fingerprint density at radius 3 is 2.72 bits per heavy atom. The van der Waals surface area contributed by atoms with Crippen molar-refractivity contribution in [2.75, 3.05) is 5.32 Å². The molecule has 6 heteroatoms. The van der Waals surface area contributed by atoms with Gasteiger partial charge in [0.05, 0.1) is 10.7 Å². The summed E-state index contributed by atoms with van der Waals surface area (Å²) in [7, 11) is 0. The van der Waals surface area contributed by atoms with E-state index in [2.05, 4.69) is 15.3 Å². The molecule has 1 aromatic heterocycles. The van der Waals surface area contributed by atoms with Gasteiger partial charge in [-0.25, -0.2) is 14.8 Å². The number of halogens is 1. The number of hydrogen-bond acceptors (Lipinski definition) is 4. The zero-order valence-corrected chi connectivity index (χ0v) is 10.3. The number of hydrogen-bond donors (Lipinski definition) is 2. The molecule has 0 aliphatic carbocycles. The molecule has 1 aromatic carbocycles. The van der Waals surface area contributed by atoms with Crippen LogP contribution in [0.2, 0.25) is 5.02 Å². The van der Waals surface area contributed by atoms with Crippen molar-refractivity contribution in [1.82, 2.24) is 9.97 Å². The summed E-state index contributed by atoms with van der Waals surface area (Å²) in [5.41, 5.74) is 1.13. The van der Waals surface area contributed by atoms with Gasteiger partial charge in [0.1, 0.15) is 0 Å². The van der Waals surface area contributed by atoms with Crippen molar-refractivity contribution < 1.29 is 9.90 Å². The largest absolute Gasteiger partial charge is 0.477 e. The molecular weight excluding hydrogens is 254 g/mol. The third-order valence-electron chi connectivity index (χ3n) is 2.19. The zero-order chi connectivity index (χ0) is 13.1. The number of para-hydroxylation sites is 1. The molecule has 2 N–H and O–H groups in total. The lowest BCUT2D eigenvalue weighted by Gasteiger charge is -2.07. The molecule has 0 unspecified atom stereocenters. The van der Waals surface area contributed by atoms with Crippen LogP contribution in [0, 0.1) is 6.92 Å². The van der Waals surface area contributed by atoms with Gasteiger partial charge >= 0.3 is 5.97 Å². The van der Waals surface area contributed by atoms with Gasteiger partial charge in [0.15, 0.2) is 5.69 Å². The summed E-state index contributed by atoms with van der Waals surface area (Å²) in [5.74, 6) is -0.886. The normalized spacial score (nSPS) is 10.1. The van der Waals surface area contributed by atoms with Gasteiger partial charge in [0.25, 0.3) is 0 Å². The van der Waals surface area contributed by atoms with Gasteiger partial charge in [-0.05, 0) is 25.1 Å². The van der Waals surface area contributed by atoms with E-state index in [1.165, 1.54) is 6.07 Å². The zero-order valence-electron chi connectivity index (χ0n) is 9.51. The first kappa shape index (κ1) is 12.3. The van der Waals surface area contributed by atoms with Crippen molar-refractivity contribution >= 4 is 29.2 Å². The number of carbonyl (C=O) groups is 1. The highest BCUT2D eigenvalue weighted by molar-refractivity contribution is 6.33. The Balaban J connectivity index is 2.35. The summed E-state index contributed by atoms with van der Waals surface area (Å²) < 4.78 is 0. The number of rotatable bonds is 3. The second kappa shape index (κ2) is 5.01. The number of benzene rings is 1. The smallest absolute Gasteiger partial charge is 0.354 e. The molecule has 0 atom stereocenters. The van der Waals surface area contributed by atoms with E-state index >= 15 is 0 Å². The van der Waals surface area contributed by atoms with E-state index in [0.717, 1.165) is 0 Å². The van der Waals surface area contributed by atoms with E-state index in [1.807, 2.05) is 6.07 Å². The maximum atomic E-state index is 10.9. The summed E-state index contributed by atoms with van der Waals surface area (Å²) in [6.07, 6.45) is 0. The molecule has 0 saturated heterocycles. The van der Waals surface area contributed by atoms with E-state index < -0.39 is 5.97 Å². The minimum Gasteiger partial charge on any atom is -0.477 e. The third kappa shape index (κ3) is 2.75. The molecule has 0 amide bonds. The first-order chi connectivity index (χ1) is 8.56. The van der Waals surface area contributed by atoms with Crippen LogP contribution in [0.15, 0.2) is 30.3 Å². The third-order valence-corrected chi connectivity index (χ3v) is 2.52. The molecule has 5 nitrogen and oxygen atoms in total. The highest BCUT2D eigenvalue weighted by Gasteiger charge is 2.09. The lowest BCUT2D eigenvalue weighted by Crippen LogP contribution is -2.06. The van der Waals surface area contributed by atoms with Crippen LogP contribution in [0.25, 0.3) is 0 Å². The number of nitrogens with one attached hydrogen (secondary N) is 1. The first-order valence-electron chi connectivity index (χ1n) is 5.17. The van der Waals surface area contributed by atoms with Crippen LogP contribution in [0.4, 0.5) is 11.6 Å². The topological polar surface area (TPSA) is 75.1 Å². The minimum absolute atomic E-state index is 0.0583. The predicted molar refractivity (Wildman–Crippen MR) is 68.5 cm³/mol. The van der Waals surface area contributed by atoms with Gasteiger partial charge in [-0.2, -0.15) is 0 Å². The maximum absolute atomic E-state index is 10.9. The molecule has 18 heavy (non-hydrogen) atoms. The van der Waals surface area contributed by atoms with Crippen LogP contribution >= 0.6 is 11.6 Å². The summed E-state index contributed by atoms with van der Waals surface area (Å²) >= 11 is 5.98. The van der Waals surface area contributed by atoms with Crippen molar-refractivity contribution in [2.24, 2.45) is 0 Å². The molecule has 1 heterocycles. The molecule has 0 bridgehead atoms. The monoisotopic (exact) mass is 263 g/mol. The Labute approximate surface area is 108 Å². The molecule has 0 aliphatic rings. The maximum Gasteiger partial charge on any atom is 0.354 e. The van der Waals surface area contributed by atoms with E-state index in [-0.39, 0.29) is 11.6 Å². The van der Waals surface area contributed by atoms with Crippen molar-refractivity contribution in [2.45, 2.75) is 6.92 Å². The average molecular weight is 264 g/mol. The number of anilines is 2. The van der Waals surface area contributed by atoms with Crippen LogP contribution in [0.3, 0.4) is 0 Å². The molecule has 92 valence electrons. The van der Waals surface area contributed by atoms with Crippen LogP contribution in [0.1, 0.15) is 16.2 Å². The first-order valence-corrected chi connectivity index (χ1v) is 5.54. The van der Waals surface area contributed by atoms with E-state index in [0.29, 0.717) is 16.4 Å². The van der Waals surface area contributed by atoms with E-state index in [1.54, 1.807) is 25.1 Å². The predicted octanol–water partition coefficient (Wildman–Crippen LogP) is 2.88. The van der Waals surface area contributed by atoms with Gasteiger partial charge < -0.3 is 10.4 Å². The molecule has 0 aliphatic heterocycles. The average Bonchev–Trinajstić information content (AvgIpc) is 2.31. The second-order valence-electron chi connectivity index (χ2n) is 3.63. The van der Waals surface area contributed by atoms with E-state index in [4.69, 9.17) is 16.7 Å². The molecule has 0 saturated carbocycles. The fraction of sp³-hybridized carbons (Fsp3) is 0.0833. The summed E-state index contributed by atoms with van der Waals surface area (Å²) in [4.78, 5) is 18.9. The number of aromatic carboxylic acids is 1. The minimum atomic E-state index is -1.09. The van der Waals surface area contributed by atoms with Crippen molar-refractivity contribution in [3.63, 3.8) is 0 Å². The lowest BCUT2D eigenvalue weighted by molar-refractivity contribution is 0.0690. The van der Waals surface area contributed by atoms with Gasteiger partial charge in [-0.3, -0.25) is 0 Å². The second-order valence-corrected chi connectivity index (χ2v) is 4.04. The standard InChI is InChI=1S/C12H10ClN3O2/c1-7-6-10(11(17)18)16-12(14-7)15-9-5-3-2-4-8(9)13/h2-6H,1H3,(H,17,18)(H,14,15,16). The summed E-state index contributed by atoms with van der Waals surface area (Å²) in [6, 6.07) is 8.49. The highest BCUT2D eigenvalue weighted by atomic mass is 35.5. The number of carboxylic acid groups (broad SMARTS) is 1. The Morgan fingerprint density at radius 2 is 2.06 bits per heavy atom. The Kier molecular flexibility index (Phi) is 3.43. The van der Waals surface area contributed by atoms with Gasteiger partial charge in [0, 0.05) is 5.69 Å². The van der Waals surface area contributed by atoms with Gasteiger partial charge in [-0.15, -0.1) is 0 Å². The van der Waals surface area contributed by atoms with Gasteiger partial charge in [-0.1, -0.05) is 23.7 Å².